The van der Waals surface area contributed by atoms with Crippen LogP contribution < -0.4 is 0 Å². The highest BCUT2D eigenvalue weighted by molar-refractivity contribution is 6.21. The Balaban J connectivity index is 2.38. The molecular formula is C13H5N5. The first kappa shape index (κ1) is 10.1. The van der Waals surface area contributed by atoms with Crippen molar-refractivity contribution >= 4 is 5.71 Å². The second kappa shape index (κ2) is 3.47. The van der Waals surface area contributed by atoms with E-state index in [4.69, 9.17) is 15.9 Å². The van der Waals surface area contributed by atoms with Crippen LogP contribution in [0.1, 0.15) is 22.6 Å². The molecule has 1 N–H and O–H groups in total. The Hall–Kier alpha value is -3.05. The van der Waals surface area contributed by atoms with E-state index >= 15 is 0 Å². The molecule has 1 aromatic carbocycles. The first-order valence-corrected chi connectivity index (χ1v) is 5.17. The van der Waals surface area contributed by atoms with E-state index in [-0.39, 0.29) is 17.1 Å². The fourth-order valence-corrected chi connectivity index (χ4v) is 1.99. The molecule has 0 radical (unpaired) electrons. The lowest BCUT2D eigenvalue weighted by Gasteiger charge is -1.99. The molecule has 5 nitrogen and oxygen atoms in total. The Kier molecular flexibility index (Phi) is 1.95. The van der Waals surface area contributed by atoms with Crippen LogP contribution in [0.15, 0.2) is 24.3 Å². The molecule has 0 unspecified atom stereocenters. The minimum Gasteiger partial charge on any atom is -0.298 e. The van der Waals surface area contributed by atoms with Gasteiger partial charge in [-0.15, -0.1) is 0 Å². The van der Waals surface area contributed by atoms with Crippen LogP contribution >= 0.6 is 0 Å². The number of fused-ring (bicyclic) bond motifs is 3. The van der Waals surface area contributed by atoms with Gasteiger partial charge in [-0.05, 0) is 0 Å². The van der Waals surface area contributed by atoms with E-state index in [1.807, 2.05) is 30.3 Å². The molecule has 1 heterocycles. The van der Waals surface area contributed by atoms with Crippen molar-refractivity contribution in [3.05, 3.63) is 46.9 Å². The van der Waals surface area contributed by atoms with Crippen LogP contribution in [0.3, 0.4) is 0 Å². The molecule has 1 aromatic heterocycles. The van der Waals surface area contributed by atoms with Gasteiger partial charge in [0.25, 0.3) is 0 Å². The second-order valence-corrected chi connectivity index (χ2v) is 3.76. The Morgan fingerprint density at radius 3 is 2.06 bits per heavy atom. The third-order valence-electron chi connectivity index (χ3n) is 2.80. The van der Waals surface area contributed by atoms with E-state index in [1.54, 1.807) is 6.07 Å². The molecule has 5 heteroatoms. The summed E-state index contributed by atoms with van der Waals surface area (Å²) >= 11 is 0. The molecule has 0 aliphatic heterocycles. The van der Waals surface area contributed by atoms with Gasteiger partial charge < -0.3 is 0 Å². The fraction of sp³-hybridized carbons (Fsp3) is 0. The zero-order chi connectivity index (χ0) is 12.7. The van der Waals surface area contributed by atoms with Gasteiger partial charge in [0.2, 0.25) is 0 Å². The van der Waals surface area contributed by atoms with Gasteiger partial charge in [-0.2, -0.15) is 10.5 Å². The van der Waals surface area contributed by atoms with Gasteiger partial charge in [-0.1, -0.05) is 24.3 Å². The van der Waals surface area contributed by atoms with Crippen LogP contribution in [-0.2, 0) is 0 Å². The van der Waals surface area contributed by atoms with Gasteiger partial charge in [0.15, 0.2) is 11.4 Å². The van der Waals surface area contributed by atoms with Gasteiger partial charge in [-0.3, -0.25) is 5.41 Å². The summed E-state index contributed by atoms with van der Waals surface area (Å²) in [6.07, 6.45) is 0. The summed E-state index contributed by atoms with van der Waals surface area (Å²) < 4.78 is 0. The SMILES string of the molecule is N#Cc1nc2c(nc1C#N)-c1ccccc1C2=N. The second-order valence-electron chi connectivity index (χ2n) is 3.76. The van der Waals surface area contributed by atoms with Crippen LogP contribution in [0.25, 0.3) is 11.3 Å². The largest absolute Gasteiger partial charge is 0.298 e. The lowest BCUT2D eigenvalue weighted by atomic mass is 10.1. The average Bonchev–Trinajstić information content (AvgIpc) is 2.71. The predicted octanol–water partition coefficient (Wildman–Crippen LogP) is 1.62. The lowest BCUT2D eigenvalue weighted by Crippen LogP contribution is -2.04. The van der Waals surface area contributed by atoms with Crippen molar-refractivity contribution in [2.75, 3.05) is 0 Å². The zero-order valence-corrected chi connectivity index (χ0v) is 9.10. The highest BCUT2D eigenvalue weighted by Crippen LogP contribution is 2.33. The Morgan fingerprint density at radius 1 is 0.889 bits per heavy atom. The van der Waals surface area contributed by atoms with E-state index in [0.29, 0.717) is 11.4 Å². The van der Waals surface area contributed by atoms with Crippen molar-refractivity contribution < 1.29 is 0 Å². The molecule has 0 saturated carbocycles. The number of hydrogen-bond donors (Lipinski definition) is 1. The lowest BCUT2D eigenvalue weighted by molar-refractivity contribution is 1.13. The Labute approximate surface area is 102 Å². The third-order valence-corrected chi connectivity index (χ3v) is 2.80. The summed E-state index contributed by atoms with van der Waals surface area (Å²) in [7, 11) is 0. The summed E-state index contributed by atoms with van der Waals surface area (Å²) in [5.41, 5.74) is 2.60. The number of aromatic nitrogens is 2. The number of benzene rings is 1. The van der Waals surface area contributed by atoms with E-state index in [9.17, 15) is 0 Å². The molecule has 1 aliphatic rings. The zero-order valence-electron chi connectivity index (χ0n) is 9.10. The van der Waals surface area contributed by atoms with Crippen molar-refractivity contribution in [1.29, 1.82) is 15.9 Å². The summed E-state index contributed by atoms with van der Waals surface area (Å²) in [6, 6.07) is 11.0. The molecule has 0 fully saturated rings. The monoisotopic (exact) mass is 231 g/mol. The number of nitriles is 2. The summed E-state index contributed by atoms with van der Waals surface area (Å²) in [4.78, 5) is 8.22. The van der Waals surface area contributed by atoms with Crippen molar-refractivity contribution in [2.24, 2.45) is 0 Å². The number of rotatable bonds is 0. The molecule has 1 aliphatic carbocycles. The molecule has 0 atom stereocenters. The number of hydrogen-bond acceptors (Lipinski definition) is 5. The van der Waals surface area contributed by atoms with Crippen LogP contribution in [-0.4, -0.2) is 15.7 Å². The van der Waals surface area contributed by atoms with Crippen LogP contribution in [0.5, 0.6) is 0 Å². The van der Waals surface area contributed by atoms with Gasteiger partial charge in [0.05, 0.1) is 5.71 Å². The summed E-state index contributed by atoms with van der Waals surface area (Å²) in [5, 5.41) is 25.9. The van der Waals surface area contributed by atoms with Crippen LogP contribution in [0.4, 0.5) is 0 Å². The highest BCUT2D eigenvalue weighted by atomic mass is 14.9. The maximum atomic E-state index is 8.94. The Bertz CT molecular complexity index is 777. The molecule has 0 saturated heterocycles. The van der Waals surface area contributed by atoms with Crippen LogP contribution in [0.2, 0.25) is 0 Å². The van der Waals surface area contributed by atoms with Gasteiger partial charge in [-0.25, -0.2) is 9.97 Å². The quantitative estimate of drug-likeness (QED) is 0.635. The molecule has 0 amide bonds. The van der Waals surface area contributed by atoms with E-state index in [1.165, 1.54) is 0 Å². The van der Waals surface area contributed by atoms with Crippen LogP contribution in [0, 0.1) is 28.1 Å². The van der Waals surface area contributed by atoms with E-state index < -0.39 is 0 Å². The first-order valence-electron chi connectivity index (χ1n) is 5.17. The molecule has 2 aromatic rings. The summed E-state index contributed by atoms with van der Waals surface area (Å²) in [5.74, 6) is 0. The van der Waals surface area contributed by atoms with Crippen molar-refractivity contribution in [3.8, 4) is 23.4 Å². The molecule has 82 valence electrons. The normalized spacial score (nSPS) is 11.3. The van der Waals surface area contributed by atoms with Crippen molar-refractivity contribution in [1.82, 2.24) is 9.97 Å². The van der Waals surface area contributed by atoms with Gasteiger partial charge >= 0.3 is 0 Å². The maximum Gasteiger partial charge on any atom is 0.177 e. The number of nitrogens with zero attached hydrogens (tertiary/aromatic N) is 4. The topological polar surface area (TPSA) is 97.2 Å². The Morgan fingerprint density at radius 2 is 1.44 bits per heavy atom. The van der Waals surface area contributed by atoms with Gasteiger partial charge in [0.1, 0.15) is 23.5 Å². The molecule has 3 rings (SSSR count). The van der Waals surface area contributed by atoms with E-state index in [2.05, 4.69) is 9.97 Å². The molecule has 0 spiro atoms. The molecule has 0 bridgehead atoms. The van der Waals surface area contributed by atoms with Gasteiger partial charge in [0, 0.05) is 11.1 Å². The van der Waals surface area contributed by atoms with Crippen molar-refractivity contribution in [3.63, 3.8) is 0 Å². The molecule has 18 heavy (non-hydrogen) atoms. The van der Waals surface area contributed by atoms with Crippen molar-refractivity contribution in [2.45, 2.75) is 0 Å². The minimum atomic E-state index is -0.0335. The first-order chi connectivity index (χ1) is 8.76. The highest BCUT2D eigenvalue weighted by Gasteiger charge is 2.28. The number of nitrogens with one attached hydrogen (secondary N) is 1. The minimum absolute atomic E-state index is 0.000697. The average molecular weight is 231 g/mol. The predicted molar refractivity (Wildman–Crippen MR) is 62.8 cm³/mol. The fourth-order valence-electron chi connectivity index (χ4n) is 1.99. The molecular weight excluding hydrogens is 226 g/mol. The third kappa shape index (κ3) is 1.16. The summed E-state index contributed by atoms with van der Waals surface area (Å²) in [6.45, 7) is 0. The smallest absolute Gasteiger partial charge is 0.177 e. The maximum absolute atomic E-state index is 8.94. The van der Waals surface area contributed by atoms with E-state index in [0.717, 1.165) is 11.1 Å². The standard InChI is InChI=1S/C13H5N5/c14-5-9-10(6-15)18-13-11(16)7-3-1-2-4-8(7)12(13)17-9/h1-4,16H.